The number of carbonyl (C=O) groups excluding carboxylic acids is 1. The smallest absolute Gasteiger partial charge is 0.220 e. The molecule has 0 aliphatic carbocycles. The first kappa shape index (κ1) is 11.5. The van der Waals surface area contributed by atoms with E-state index in [0.717, 1.165) is 18.2 Å². The van der Waals surface area contributed by atoms with Gasteiger partial charge in [0.15, 0.2) is 0 Å². The first-order valence-electron chi connectivity index (χ1n) is 4.03. The molecule has 0 aromatic rings. The number of nitrogens with one attached hydrogen (secondary N) is 1. The predicted molar refractivity (Wildman–Crippen MR) is 54.1 cm³/mol. The summed E-state index contributed by atoms with van der Waals surface area (Å²) in [6.07, 6.45) is 2.60. The Labute approximate surface area is 82.2 Å². The number of hydrogen-bond acceptors (Lipinski definition) is 1. The minimum absolute atomic E-state index is 0.0960. The Morgan fingerprint density at radius 2 is 2.25 bits per heavy atom. The van der Waals surface area contributed by atoms with E-state index in [1.807, 2.05) is 0 Å². The van der Waals surface area contributed by atoms with Crippen LogP contribution in [0.1, 0.15) is 26.2 Å². The van der Waals surface area contributed by atoms with Crippen molar-refractivity contribution in [3.8, 4) is 11.8 Å². The lowest BCUT2D eigenvalue weighted by Gasteiger charge is -1.99. The highest BCUT2D eigenvalue weighted by Gasteiger charge is 1.97. The number of halogens is 1. The molecule has 0 atom stereocenters. The van der Waals surface area contributed by atoms with Crippen LogP contribution in [-0.2, 0) is 4.79 Å². The lowest BCUT2D eigenvalue weighted by Crippen LogP contribution is -2.23. The zero-order chi connectivity index (χ0) is 9.23. The van der Waals surface area contributed by atoms with Crippen molar-refractivity contribution < 1.29 is 4.79 Å². The highest BCUT2D eigenvalue weighted by molar-refractivity contribution is 9.09. The van der Waals surface area contributed by atoms with Gasteiger partial charge in [-0.2, -0.15) is 0 Å². The SMILES string of the molecule is CC#CCNC(=O)CCCCBr. The predicted octanol–water partition coefficient (Wildman–Crippen LogP) is 1.69. The van der Waals surface area contributed by atoms with Gasteiger partial charge in [0.25, 0.3) is 0 Å². The molecule has 1 amide bonds. The van der Waals surface area contributed by atoms with Crippen LogP contribution in [0.25, 0.3) is 0 Å². The number of hydrogen-bond donors (Lipinski definition) is 1. The molecule has 0 saturated heterocycles. The second-order valence-corrected chi connectivity index (χ2v) is 3.14. The van der Waals surface area contributed by atoms with Crippen molar-refractivity contribution in [1.82, 2.24) is 5.32 Å². The van der Waals surface area contributed by atoms with E-state index in [0.29, 0.717) is 13.0 Å². The number of alkyl halides is 1. The second kappa shape index (κ2) is 8.61. The molecular weight excluding hydrogens is 218 g/mol. The van der Waals surface area contributed by atoms with Gasteiger partial charge >= 0.3 is 0 Å². The summed E-state index contributed by atoms with van der Waals surface area (Å²) in [4.78, 5) is 11.0. The summed E-state index contributed by atoms with van der Waals surface area (Å²) in [5.74, 6) is 5.59. The fraction of sp³-hybridized carbons (Fsp3) is 0.667. The molecule has 0 radical (unpaired) electrons. The Hall–Kier alpha value is -0.490. The van der Waals surface area contributed by atoms with Crippen molar-refractivity contribution >= 4 is 21.8 Å². The fourth-order valence-electron chi connectivity index (χ4n) is 0.700. The monoisotopic (exact) mass is 231 g/mol. The summed E-state index contributed by atoms with van der Waals surface area (Å²) in [5, 5.41) is 3.68. The average molecular weight is 232 g/mol. The van der Waals surface area contributed by atoms with E-state index in [-0.39, 0.29) is 5.91 Å². The van der Waals surface area contributed by atoms with Gasteiger partial charge in [-0.3, -0.25) is 4.79 Å². The van der Waals surface area contributed by atoms with Crippen LogP contribution in [0.3, 0.4) is 0 Å². The molecular formula is C9H14BrNO. The van der Waals surface area contributed by atoms with Crippen LogP contribution in [-0.4, -0.2) is 17.8 Å². The van der Waals surface area contributed by atoms with Crippen molar-refractivity contribution in [3.63, 3.8) is 0 Å². The standard InChI is InChI=1S/C9H14BrNO/c1-2-3-8-11-9(12)6-4-5-7-10/h4-8H2,1H3,(H,11,12). The lowest BCUT2D eigenvalue weighted by atomic mass is 10.2. The molecule has 0 aromatic carbocycles. The number of amides is 1. The van der Waals surface area contributed by atoms with Crippen molar-refractivity contribution in [2.24, 2.45) is 0 Å². The Bertz CT molecular complexity index is 181. The molecule has 0 rings (SSSR count). The normalized spacial score (nSPS) is 8.50. The number of unbranched alkanes of at least 4 members (excludes halogenated alkanes) is 1. The Balaban J connectivity index is 3.25. The molecule has 12 heavy (non-hydrogen) atoms. The number of rotatable bonds is 5. The Morgan fingerprint density at radius 1 is 1.50 bits per heavy atom. The zero-order valence-corrected chi connectivity index (χ0v) is 8.91. The topological polar surface area (TPSA) is 29.1 Å². The third-order valence-corrected chi connectivity index (χ3v) is 1.90. The molecule has 0 saturated carbocycles. The average Bonchev–Trinajstić information content (AvgIpc) is 2.06. The van der Waals surface area contributed by atoms with E-state index in [1.54, 1.807) is 6.92 Å². The zero-order valence-electron chi connectivity index (χ0n) is 7.32. The van der Waals surface area contributed by atoms with Crippen LogP contribution in [0.15, 0.2) is 0 Å². The van der Waals surface area contributed by atoms with Gasteiger partial charge in [-0.1, -0.05) is 21.9 Å². The molecule has 0 aromatic heterocycles. The van der Waals surface area contributed by atoms with Crippen LogP contribution >= 0.6 is 15.9 Å². The van der Waals surface area contributed by atoms with Crippen molar-refractivity contribution in [3.05, 3.63) is 0 Å². The molecule has 3 heteroatoms. The summed E-state index contributed by atoms with van der Waals surface area (Å²) in [6, 6.07) is 0. The Kier molecular flexibility index (Phi) is 8.25. The van der Waals surface area contributed by atoms with Crippen LogP contribution in [0.2, 0.25) is 0 Å². The maximum atomic E-state index is 11.0. The van der Waals surface area contributed by atoms with Crippen LogP contribution < -0.4 is 5.32 Å². The highest BCUT2D eigenvalue weighted by atomic mass is 79.9. The quantitative estimate of drug-likeness (QED) is 0.436. The van der Waals surface area contributed by atoms with Crippen molar-refractivity contribution in [2.75, 3.05) is 11.9 Å². The minimum Gasteiger partial charge on any atom is -0.345 e. The molecule has 0 aliphatic rings. The first-order chi connectivity index (χ1) is 5.81. The number of carbonyl (C=O) groups is 1. The van der Waals surface area contributed by atoms with E-state index in [9.17, 15) is 4.79 Å². The van der Waals surface area contributed by atoms with Crippen LogP contribution in [0.4, 0.5) is 0 Å². The third-order valence-electron chi connectivity index (χ3n) is 1.34. The fourth-order valence-corrected chi connectivity index (χ4v) is 1.10. The second-order valence-electron chi connectivity index (χ2n) is 2.35. The van der Waals surface area contributed by atoms with Gasteiger partial charge in [0, 0.05) is 11.8 Å². The van der Waals surface area contributed by atoms with Gasteiger partial charge in [0.05, 0.1) is 6.54 Å². The summed E-state index contributed by atoms with van der Waals surface area (Å²) in [6.45, 7) is 2.24. The first-order valence-corrected chi connectivity index (χ1v) is 5.15. The van der Waals surface area contributed by atoms with E-state index < -0.39 is 0 Å². The molecule has 0 fully saturated rings. The molecule has 2 nitrogen and oxygen atoms in total. The molecule has 1 N–H and O–H groups in total. The summed E-state index contributed by atoms with van der Waals surface area (Å²) in [7, 11) is 0. The molecule has 0 unspecified atom stereocenters. The van der Waals surface area contributed by atoms with Gasteiger partial charge in [-0.25, -0.2) is 0 Å². The van der Waals surface area contributed by atoms with Crippen LogP contribution in [0.5, 0.6) is 0 Å². The van der Waals surface area contributed by atoms with Gasteiger partial charge in [0.2, 0.25) is 5.91 Å². The largest absolute Gasteiger partial charge is 0.345 e. The molecule has 0 spiro atoms. The van der Waals surface area contributed by atoms with Gasteiger partial charge in [-0.15, -0.1) is 5.92 Å². The minimum atomic E-state index is 0.0960. The Morgan fingerprint density at radius 3 is 2.83 bits per heavy atom. The highest BCUT2D eigenvalue weighted by Crippen LogP contribution is 1.97. The maximum absolute atomic E-state index is 11.0. The molecule has 0 heterocycles. The molecule has 0 bridgehead atoms. The van der Waals surface area contributed by atoms with Gasteiger partial charge in [0.1, 0.15) is 0 Å². The lowest BCUT2D eigenvalue weighted by molar-refractivity contribution is -0.120. The van der Waals surface area contributed by atoms with Crippen LogP contribution in [0, 0.1) is 11.8 Å². The van der Waals surface area contributed by atoms with E-state index in [1.165, 1.54) is 0 Å². The summed E-state index contributed by atoms with van der Waals surface area (Å²) < 4.78 is 0. The van der Waals surface area contributed by atoms with Gasteiger partial charge in [-0.05, 0) is 19.8 Å². The third kappa shape index (κ3) is 7.62. The molecule has 0 aliphatic heterocycles. The molecule has 68 valence electrons. The summed E-state index contributed by atoms with van der Waals surface area (Å²) >= 11 is 3.31. The maximum Gasteiger partial charge on any atom is 0.220 e. The van der Waals surface area contributed by atoms with E-state index in [2.05, 4.69) is 33.1 Å². The van der Waals surface area contributed by atoms with Crippen molar-refractivity contribution in [2.45, 2.75) is 26.2 Å². The van der Waals surface area contributed by atoms with E-state index in [4.69, 9.17) is 0 Å². The summed E-state index contributed by atoms with van der Waals surface area (Å²) in [5.41, 5.74) is 0. The van der Waals surface area contributed by atoms with Crippen molar-refractivity contribution in [1.29, 1.82) is 0 Å². The van der Waals surface area contributed by atoms with Gasteiger partial charge < -0.3 is 5.32 Å². The van der Waals surface area contributed by atoms with E-state index >= 15 is 0 Å².